The molecule has 0 aliphatic heterocycles. The van der Waals surface area contributed by atoms with Crippen LogP contribution in [0.15, 0.2) is 34.9 Å². The van der Waals surface area contributed by atoms with E-state index < -0.39 is 11.7 Å². The monoisotopic (exact) mass is 253 g/mol. The van der Waals surface area contributed by atoms with Crippen LogP contribution in [-0.2, 0) is 12.5 Å². The third kappa shape index (κ3) is 3.06. The summed E-state index contributed by atoms with van der Waals surface area (Å²) in [7, 11) is 0. The molecule has 3 nitrogen and oxygen atoms in total. The molecule has 0 fully saturated rings. The zero-order chi connectivity index (χ0) is 13.2. The van der Waals surface area contributed by atoms with E-state index in [1.54, 1.807) is 6.07 Å². The molecule has 0 amide bonds. The molecule has 1 aromatic heterocycles. The van der Waals surface area contributed by atoms with Crippen LogP contribution in [0.4, 0.5) is 8.78 Å². The van der Waals surface area contributed by atoms with Crippen LogP contribution in [0.2, 0.25) is 0 Å². The van der Waals surface area contributed by atoms with Crippen molar-refractivity contribution in [2.75, 3.05) is 0 Å². The van der Waals surface area contributed by atoms with Crippen molar-refractivity contribution in [3.05, 3.63) is 47.3 Å². The van der Waals surface area contributed by atoms with Crippen molar-refractivity contribution in [2.24, 2.45) is 0 Å². The Kier molecular flexibility index (Phi) is 3.32. The molecule has 0 spiro atoms. The Morgan fingerprint density at radius 1 is 1.33 bits per heavy atom. The molecule has 0 atom stereocenters. The largest absolute Gasteiger partial charge is 0.487 e. The van der Waals surface area contributed by atoms with Crippen molar-refractivity contribution in [1.29, 1.82) is 0 Å². The summed E-state index contributed by atoms with van der Waals surface area (Å²) in [5.74, 6) is -2.80. The summed E-state index contributed by atoms with van der Waals surface area (Å²) in [6, 6.07) is 8.66. The SMILES string of the molecule is Cc1cccc(OCc2cc(C(C)(F)F)on2)c1. The molecule has 1 aromatic carbocycles. The maximum Gasteiger partial charge on any atom is 0.304 e. The van der Waals surface area contributed by atoms with Gasteiger partial charge in [0.05, 0.1) is 0 Å². The second kappa shape index (κ2) is 4.76. The highest BCUT2D eigenvalue weighted by Gasteiger charge is 2.29. The summed E-state index contributed by atoms with van der Waals surface area (Å²) in [6.45, 7) is 2.81. The molecular formula is C13H13F2NO2. The van der Waals surface area contributed by atoms with Gasteiger partial charge in [-0.05, 0) is 24.6 Å². The zero-order valence-electron chi connectivity index (χ0n) is 10.1. The number of nitrogens with zero attached hydrogens (tertiary/aromatic N) is 1. The van der Waals surface area contributed by atoms with Crippen LogP contribution < -0.4 is 4.74 Å². The summed E-state index contributed by atoms with van der Waals surface area (Å²) in [5, 5.41) is 3.54. The van der Waals surface area contributed by atoms with Gasteiger partial charge in [0.1, 0.15) is 18.1 Å². The second-order valence-corrected chi connectivity index (χ2v) is 4.18. The van der Waals surface area contributed by atoms with Gasteiger partial charge < -0.3 is 9.26 Å². The standard InChI is InChI=1S/C13H13F2NO2/c1-9-4-3-5-11(6-9)17-8-10-7-12(18-16-10)13(2,14)15/h3-7H,8H2,1-2H3. The van der Waals surface area contributed by atoms with Gasteiger partial charge in [-0.1, -0.05) is 17.3 Å². The van der Waals surface area contributed by atoms with E-state index in [1.807, 2.05) is 25.1 Å². The van der Waals surface area contributed by atoms with Gasteiger partial charge in [0, 0.05) is 13.0 Å². The van der Waals surface area contributed by atoms with Crippen molar-refractivity contribution in [2.45, 2.75) is 26.4 Å². The molecule has 2 rings (SSSR count). The number of hydrogen-bond donors (Lipinski definition) is 0. The number of hydrogen-bond acceptors (Lipinski definition) is 3. The Morgan fingerprint density at radius 3 is 2.72 bits per heavy atom. The maximum atomic E-state index is 12.9. The minimum Gasteiger partial charge on any atom is -0.487 e. The highest BCUT2D eigenvalue weighted by atomic mass is 19.3. The molecule has 0 saturated carbocycles. The lowest BCUT2D eigenvalue weighted by atomic mass is 10.2. The van der Waals surface area contributed by atoms with E-state index in [0.717, 1.165) is 12.5 Å². The van der Waals surface area contributed by atoms with Gasteiger partial charge in [-0.3, -0.25) is 0 Å². The van der Waals surface area contributed by atoms with Crippen LogP contribution in [0.25, 0.3) is 0 Å². The lowest BCUT2D eigenvalue weighted by Gasteiger charge is -2.04. The summed E-state index contributed by atoms with van der Waals surface area (Å²) in [4.78, 5) is 0. The quantitative estimate of drug-likeness (QED) is 0.833. The minimum atomic E-state index is -3.02. The smallest absolute Gasteiger partial charge is 0.304 e. The zero-order valence-corrected chi connectivity index (χ0v) is 10.1. The number of halogens is 2. The average molecular weight is 253 g/mol. The molecule has 18 heavy (non-hydrogen) atoms. The second-order valence-electron chi connectivity index (χ2n) is 4.18. The maximum absolute atomic E-state index is 12.9. The number of alkyl halides is 2. The first-order chi connectivity index (χ1) is 8.45. The molecular weight excluding hydrogens is 240 g/mol. The van der Waals surface area contributed by atoms with Crippen molar-refractivity contribution < 1.29 is 18.0 Å². The van der Waals surface area contributed by atoms with Crippen molar-refractivity contribution in [3.63, 3.8) is 0 Å². The summed E-state index contributed by atoms with van der Waals surface area (Å²) in [6.07, 6.45) is 0. The van der Waals surface area contributed by atoms with E-state index >= 15 is 0 Å². The van der Waals surface area contributed by atoms with Crippen LogP contribution >= 0.6 is 0 Å². The van der Waals surface area contributed by atoms with Crippen LogP contribution in [0.5, 0.6) is 5.75 Å². The van der Waals surface area contributed by atoms with Gasteiger partial charge in [-0.15, -0.1) is 0 Å². The fraction of sp³-hybridized carbons (Fsp3) is 0.308. The van der Waals surface area contributed by atoms with E-state index in [0.29, 0.717) is 11.4 Å². The first kappa shape index (κ1) is 12.5. The van der Waals surface area contributed by atoms with Gasteiger partial charge >= 0.3 is 5.92 Å². The summed E-state index contributed by atoms with van der Waals surface area (Å²) < 4.78 is 35.8. The molecule has 0 bridgehead atoms. The fourth-order valence-electron chi connectivity index (χ4n) is 1.45. The Hall–Kier alpha value is -1.91. The van der Waals surface area contributed by atoms with E-state index in [1.165, 1.54) is 6.07 Å². The van der Waals surface area contributed by atoms with Crippen molar-refractivity contribution >= 4 is 0 Å². The normalized spacial score (nSPS) is 11.6. The number of aromatic nitrogens is 1. The van der Waals surface area contributed by atoms with Crippen LogP contribution in [0, 0.1) is 6.92 Å². The number of aryl methyl sites for hydroxylation is 1. The topological polar surface area (TPSA) is 35.3 Å². The molecule has 2 aromatic rings. The molecule has 0 aliphatic rings. The van der Waals surface area contributed by atoms with Crippen molar-refractivity contribution in [3.8, 4) is 5.75 Å². The summed E-state index contributed by atoms with van der Waals surface area (Å²) in [5.41, 5.74) is 1.40. The Balaban J connectivity index is 2.01. The van der Waals surface area contributed by atoms with Gasteiger partial charge in [-0.25, -0.2) is 0 Å². The molecule has 0 N–H and O–H groups in total. The number of benzene rings is 1. The predicted octanol–water partition coefficient (Wildman–Crippen LogP) is 3.67. The third-order valence-electron chi connectivity index (χ3n) is 2.37. The average Bonchev–Trinajstić information content (AvgIpc) is 2.74. The van der Waals surface area contributed by atoms with Crippen molar-refractivity contribution in [1.82, 2.24) is 5.16 Å². The predicted molar refractivity (Wildman–Crippen MR) is 61.6 cm³/mol. The van der Waals surface area contributed by atoms with E-state index in [2.05, 4.69) is 9.68 Å². The Morgan fingerprint density at radius 2 is 2.11 bits per heavy atom. The minimum absolute atomic E-state index is 0.100. The van der Waals surface area contributed by atoms with Gasteiger partial charge in [-0.2, -0.15) is 8.78 Å². The highest BCUT2D eigenvalue weighted by molar-refractivity contribution is 5.27. The van der Waals surface area contributed by atoms with Crippen LogP contribution in [-0.4, -0.2) is 5.16 Å². The van der Waals surface area contributed by atoms with Gasteiger partial charge in [0.2, 0.25) is 5.76 Å². The molecule has 0 radical (unpaired) electrons. The van der Waals surface area contributed by atoms with E-state index in [4.69, 9.17) is 4.74 Å². The third-order valence-corrected chi connectivity index (χ3v) is 2.37. The van der Waals surface area contributed by atoms with Gasteiger partial charge in [0.15, 0.2) is 0 Å². The molecule has 0 saturated heterocycles. The highest BCUT2D eigenvalue weighted by Crippen LogP contribution is 2.27. The van der Waals surface area contributed by atoms with Crippen LogP contribution in [0.3, 0.4) is 0 Å². The first-order valence-corrected chi connectivity index (χ1v) is 5.48. The van der Waals surface area contributed by atoms with Crippen LogP contribution in [0.1, 0.15) is 23.9 Å². The lowest BCUT2D eigenvalue weighted by Crippen LogP contribution is -2.04. The Labute approximate surface area is 103 Å². The molecule has 0 aliphatic carbocycles. The van der Waals surface area contributed by atoms with E-state index in [-0.39, 0.29) is 6.61 Å². The lowest BCUT2D eigenvalue weighted by molar-refractivity contribution is -0.0106. The molecule has 0 unspecified atom stereocenters. The van der Waals surface area contributed by atoms with Gasteiger partial charge in [0.25, 0.3) is 0 Å². The summed E-state index contributed by atoms with van der Waals surface area (Å²) >= 11 is 0. The molecule has 1 heterocycles. The first-order valence-electron chi connectivity index (χ1n) is 5.48. The van der Waals surface area contributed by atoms with E-state index in [9.17, 15) is 8.78 Å². The molecule has 5 heteroatoms. The number of rotatable bonds is 4. The fourth-order valence-corrected chi connectivity index (χ4v) is 1.45. The molecule has 96 valence electrons. The Bertz CT molecular complexity index is 532. The number of ether oxygens (including phenoxy) is 1.